The summed E-state index contributed by atoms with van der Waals surface area (Å²) in [5, 5.41) is 4.08. The monoisotopic (exact) mass is 373 g/mol. The Kier molecular flexibility index (Phi) is 5.03. The largest absolute Gasteiger partial charge is 0.357 e. The highest BCUT2D eigenvalue weighted by Gasteiger charge is 2.18. The molecule has 1 N–H and O–H groups in total. The van der Waals surface area contributed by atoms with Crippen LogP contribution in [0.25, 0.3) is 10.9 Å². The van der Waals surface area contributed by atoms with E-state index in [9.17, 15) is 4.79 Å². The summed E-state index contributed by atoms with van der Waals surface area (Å²) in [5.74, 6) is 1.77. The third-order valence-electron chi connectivity index (χ3n) is 5.68. The molecule has 0 saturated carbocycles. The molecule has 4 nitrogen and oxygen atoms in total. The predicted molar refractivity (Wildman–Crippen MR) is 116 cm³/mol. The zero-order valence-corrected chi connectivity index (χ0v) is 16.8. The number of piperidine rings is 1. The lowest BCUT2D eigenvalue weighted by Gasteiger charge is -2.31. The van der Waals surface area contributed by atoms with Crippen molar-refractivity contribution in [2.75, 3.05) is 23.3 Å². The van der Waals surface area contributed by atoms with E-state index >= 15 is 0 Å². The van der Waals surface area contributed by atoms with Crippen molar-refractivity contribution in [3.8, 4) is 0 Å². The second kappa shape index (κ2) is 7.63. The van der Waals surface area contributed by atoms with E-state index in [0.29, 0.717) is 5.56 Å². The van der Waals surface area contributed by atoms with Crippen LogP contribution in [0.2, 0.25) is 0 Å². The number of aryl methyl sites for hydroxylation is 2. The van der Waals surface area contributed by atoms with Crippen LogP contribution in [-0.4, -0.2) is 24.0 Å². The lowest BCUT2D eigenvalue weighted by atomic mass is 9.99. The minimum atomic E-state index is -0.0935. The van der Waals surface area contributed by atoms with Gasteiger partial charge in [0.25, 0.3) is 5.91 Å². The van der Waals surface area contributed by atoms with Crippen LogP contribution in [0.4, 0.5) is 11.5 Å². The Labute approximate surface area is 166 Å². The molecule has 0 bridgehead atoms. The van der Waals surface area contributed by atoms with Gasteiger partial charge in [0, 0.05) is 29.7 Å². The Balaban J connectivity index is 1.57. The maximum atomic E-state index is 12.5. The third-order valence-corrected chi connectivity index (χ3v) is 5.68. The van der Waals surface area contributed by atoms with Gasteiger partial charge in [0.1, 0.15) is 5.82 Å². The molecule has 0 aliphatic carbocycles. The predicted octanol–water partition coefficient (Wildman–Crippen LogP) is 5.34. The van der Waals surface area contributed by atoms with Gasteiger partial charge in [-0.1, -0.05) is 24.6 Å². The van der Waals surface area contributed by atoms with Gasteiger partial charge >= 0.3 is 0 Å². The van der Waals surface area contributed by atoms with E-state index in [1.807, 2.05) is 49.4 Å². The molecular weight excluding hydrogens is 346 g/mol. The first kappa shape index (κ1) is 18.5. The van der Waals surface area contributed by atoms with Gasteiger partial charge in [-0.05, 0) is 74.6 Å². The lowest BCUT2D eigenvalue weighted by molar-refractivity contribution is 0.102. The Hall–Kier alpha value is -2.88. The Morgan fingerprint density at radius 3 is 2.46 bits per heavy atom. The van der Waals surface area contributed by atoms with Gasteiger partial charge in [-0.3, -0.25) is 4.79 Å². The summed E-state index contributed by atoms with van der Waals surface area (Å²) >= 11 is 0. The molecular formula is C24H27N3O. The highest BCUT2D eigenvalue weighted by molar-refractivity contribution is 6.05. The molecule has 0 radical (unpaired) electrons. The average molecular weight is 374 g/mol. The quantitative estimate of drug-likeness (QED) is 0.674. The maximum absolute atomic E-state index is 12.5. The van der Waals surface area contributed by atoms with Gasteiger partial charge in [-0.15, -0.1) is 0 Å². The van der Waals surface area contributed by atoms with E-state index in [-0.39, 0.29) is 5.91 Å². The summed E-state index contributed by atoms with van der Waals surface area (Å²) in [6.07, 6.45) is 2.45. The fourth-order valence-electron chi connectivity index (χ4n) is 3.76. The highest BCUT2D eigenvalue weighted by atomic mass is 16.1. The van der Waals surface area contributed by atoms with Crippen molar-refractivity contribution in [1.29, 1.82) is 0 Å². The van der Waals surface area contributed by atoms with E-state index in [0.717, 1.165) is 47.0 Å². The number of anilines is 2. The Bertz CT molecular complexity index is 1000. The lowest BCUT2D eigenvalue weighted by Crippen LogP contribution is -2.33. The van der Waals surface area contributed by atoms with Gasteiger partial charge in [-0.2, -0.15) is 0 Å². The number of aromatic nitrogens is 1. The first-order chi connectivity index (χ1) is 13.5. The number of fused-ring (bicyclic) bond motifs is 1. The van der Waals surface area contributed by atoms with Crippen LogP contribution in [0.1, 0.15) is 41.3 Å². The van der Waals surface area contributed by atoms with Gasteiger partial charge in [0.2, 0.25) is 0 Å². The van der Waals surface area contributed by atoms with Crippen LogP contribution in [-0.2, 0) is 0 Å². The van der Waals surface area contributed by atoms with Crippen molar-refractivity contribution in [3.05, 3.63) is 65.2 Å². The number of hydrogen-bond donors (Lipinski definition) is 1. The molecule has 144 valence electrons. The van der Waals surface area contributed by atoms with Gasteiger partial charge in [0.05, 0.1) is 5.52 Å². The highest BCUT2D eigenvalue weighted by Crippen LogP contribution is 2.28. The standard InChI is InChI=1S/C24H27N3O/c1-16-4-6-19(7-5-16)24(28)25-20-8-9-22-21(15-20)18(3)14-23(26-22)27-12-10-17(2)11-13-27/h4-9,14-15,17H,10-13H2,1-3H3,(H,25,28). The molecule has 3 aromatic rings. The first-order valence-electron chi connectivity index (χ1n) is 10.0. The molecule has 1 amide bonds. The minimum absolute atomic E-state index is 0.0935. The minimum Gasteiger partial charge on any atom is -0.357 e. The summed E-state index contributed by atoms with van der Waals surface area (Å²) in [7, 11) is 0. The van der Waals surface area contributed by atoms with E-state index < -0.39 is 0 Å². The molecule has 0 unspecified atom stereocenters. The fraction of sp³-hybridized carbons (Fsp3) is 0.333. The summed E-state index contributed by atoms with van der Waals surface area (Å²) < 4.78 is 0. The van der Waals surface area contributed by atoms with E-state index in [1.54, 1.807) is 0 Å². The molecule has 4 rings (SSSR count). The van der Waals surface area contributed by atoms with Crippen LogP contribution >= 0.6 is 0 Å². The molecule has 1 aromatic heterocycles. The molecule has 1 fully saturated rings. The third kappa shape index (κ3) is 3.86. The van der Waals surface area contributed by atoms with Crippen LogP contribution in [0.3, 0.4) is 0 Å². The van der Waals surface area contributed by atoms with Crippen molar-refractivity contribution < 1.29 is 4.79 Å². The van der Waals surface area contributed by atoms with Crippen LogP contribution < -0.4 is 10.2 Å². The normalized spacial score (nSPS) is 15.0. The van der Waals surface area contributed by atoms with Crippen molar-refractivity contribution in [2.24, 2.45) is 5.92 Å². The van der Waals surface area contributed by atoms with Gasteiger partial charge < -0.3 is 10.2 Å². The van der Waals surface area contributed by atoms with Crippen LogP contribution in [0.15, 0.2) is 48.5 Å². The average Bonchev–Trinajstić information content (AvgIpc) is 2.69. The van der Waals surface area contributed by atoms with Crippen molar-refractivity contribution >= 4 is 28.3 Å². The van der Waals surface area contributed by atoms with Crippen molar-refractivity contribution in [3.63, 3.8) is 0 Å². The molecule has 1 saturated heterocycles. The molecule has 28 heavy (non-hydrogen) atoms. The van der Waals surface area contributed by atoms with E-state index in [2.05, 4.69) is 30.1 Å². The van der Waals surface area contributed by atoms with E-state index in [1.165, 1.54) is 18.4 Å². The van der Waals surface area contributed by atoms with Crippen LogP contribution in [0.5, 0.6) is 0 Å². The second-order valence-electron chi connectivity index (χ2n) is 8.02. The molecule has 1 aliphatic rings. The SMILES string of the molecule is Cc1ccc(C(=O)Nc2ccc3nc(N4CCC(C)CC4)cc(C)c3c2)cc1. The Morgan fingerprint density at radius 2 is 1.75 bits per heavy atom. The second-order valence-corrected chi connectivity index (χ2v) is 8.02. The fourth-order valence-corrected chi connectivity index (χ4v) is 3.76. The number of rotatable bonds is 3. The molecule has 4 heteroatoms. The molecule has 0 atom stereocenters. The van der Waals surface area contributed by atoms with Gasteiger partial charge in [-0.25, -0.2) is 4.98 Å². The first-order valence-corrected chi connectivity index (χ1v) is 10.0. The molecule has 2 heterocycles. The summed E-state index contributed by atoms with van der Waals surface area (Å²) in [5.41, 5.74) is 4.76. The van der Waals surface area contributed by atoms with Gasteiger partial charge in [0.15, 0.2) is 0 Å². The van der Waals surface area contributed by atoms with Crippen LogP contribution in [0, 0.1) is 19.8 Å². The summed E-state index contributed by atoms with van der Waals surface area (Å²) in [6, 6.07) is 15.7. The number of amides is 1. The topological polar surface area (TPSA) is 45.2 Å². The number of carbonyl (C=O) groups is 1. The summed E-state index contributed by atoms with van der Waals surface area (Å²) in [6.45, 7) is 8.60. The summed E-state index contributed by atoms with van der Waals surface area (Å²) in [4.78, 5) is 19.8. The Morgan fingerprint density at radius 1 is 1.04 bits per heavy atom. The molecule has 2 aromatic carbocycles. The molecule has 0 spiro atoms. The molecule has 1 aliphatic heterocycles. The van der Waals surface area contributed by atoms with Crippen molar-refractivity contribution in [2.45, 2.75) is 33.6 Å². The number of benzene rings is 2. The number of nitrogens with one attached hydrogen (secondary N) is 1. The maximum Gasteiger partial charge on any atom is 0.255 e. The van der Waals surface area contributed by atoms with Crippen molar-refractivity contribution in [1.82, 2.24) is 4.98 Å². The zero-order valence-electron chi connectivity index (χ0n) is 16.8. The number of pyridine rings is 1. The van der Waals surface area contributed by atoms with E-state index in [4.69, 9.17) is 4.98 Å². The number of hydrogen-bond acceptors (Lipinski definition) is 3. The smallest absolute Gasteiger partial charge is 0.255 e. The zero-order chi connectivity index (χ0) is 19.7. The number of carbonyl (C=O) groups excluding carboxylic acids is 1. The number of nitrogens with zero attached hydrogens (tertiary/aromatic N) is 2.